The number of pyridine rings is 1. The largest absolute Gasteiger partial charge is 0.365 e. The van der Waals surface area contributed by atoms with Crippen LogP contribution in [0.15, 0.2) is 54.9 Å². The molecule has 4 N–H and O–H groups in total. The molecule has 0 spiro atoms. The summed E-state index contributed by atoms with van der Waals surface area (Å²) in [6, 6.07) is 12.1. The van der Waals surface area contributed by atoms with Crippen LogP contribution in [0.2, 0.25) is 0 Å². The number of carbonyl (C=O) groups is 1. The number of hydrogen-bond acceptors (Lipinski definition) is 6. The minimum Gasteiger partial charge on any atom is -0.365 e. The summed E-state index contributed by atoms with van der Waals surface area (Å²) in [5, 5.41) is 26.3. The minimum absolute atomic E-state index is 0.0264. The fourth-order valence-corrected chi connectivity index (χ4v) is 5.41. The van der Waals surface area contributed by atoms with Gasteiger partial charge in [-0.2, -0.15) is 5.26 Å². The Bertz CT molecular complexity index is 1780. The van der Waals surface area contributed by atoms with Crippen molar-refractivity contribution in [2.45, 2.75) is 37.8 Å². The van der Waals surface area contributed by atoms with Gasteiger partial charge in [0.25, 0.3) is 5.91 Å². The van der Waals surface area contributed by atoms with E-state index in [2.05, 4.69) is 42.1 Å². The van der Waals surface area contributed by atoms with Crippen molar-refractivity contribution in [3.63, 3.8) is 0 Å². The lowest BCUT2D eigenvalue weighted by Gasteiger charge is -2.31. The van der Waals surface area contributed by atoms with Crippen LogP contribution in [0.5, 0.6) is 0 Å². The molecule has 1 fully saturated rings. The number of nitriles is 1. The van der Waals surface area contributed by atoms with Crippen LogP contribution < -0.4 is 10.6 Å². The normalized spacial score (nSPS) is 16.8. The zero-order valence-corrected chi connectivity index (χ0v) is 21.5. The number of nitrogens with zero attached hydrogens (tertiary/aromatic N) is 4. The predicted molar refractivity (Wildman–Crippen MR) is 145 cm³/mol. The molecule has 6 rings (SSSR count). The molecule has 2 aromatic carbocycles. The molecular weight excluding hydrogens is 533 g/mol. The molecule has 0 radical (unpaired) electrons. The smallest absolute Gasteiger partial charge is 0.273 e. The Balaban J connectivity index is 1.41. The van der Waals surface area contributed by atoms with Gasteiger partial charge in [0.05, 0.1) is 23.0 Å². The Hall–Kier alpha value is -5.18. The number of anilines is 1. The SMILES string of the molecule is N#Cc1c(-c2c[nH]c3c(F)cc(F)cc23)nc(N[C@H]2CCC[C@@H](NC(=O)c3c[nH]nn3)C2)c(F)c1-c1ccccc1. The van der Waals surface area contributed by atoms with E-state index in [9.17, 15) is 18.8 Å². The van der Waals surface area contributed by atoms with Crippen LogP contribution >= 0.6 is 0 Å². The van der Waals surface area contributed by atoms with Crippen molar-refractivity contribution in [1.29, 1.82) is 5.26 Å². The van der Waals surface area contributed by atoms with Gasteiger partial charge in [0, 0.05) is 40.9 Å². The van der Waals surface area contributed by atoms with Crippen LogP contribution in [-0.4, -0.2) is 43.4 Å². The van der Waals surface area contributed by atoms with Gasteiger partial charge in [-0.25, -0.2) is 18.2 Å². The first-order chi connectivity index (χ1) is 19.9. The summed E-state index contributed by atoms with van der Waals surface area (Å²) in [6.45, 7) is 0. The molecule has 0 saturated heterocycles. The summed E-state index contributed by atoms with van der Waals surface area (Å²) >= 11 is 0. The average molecular weight is 557 g/mol. The number of carbonyl (C=O) groups excluding carboxylic acids is 1. The van der Waals surface area contributed by atoms with E-state index < -0.39 is 17.5 Å². The maximum atomic E-state index is 16.2. The molecule has 3 aromatic heterocycles. The molecule has 41 heavy (non-hydrogen) atoms. The quantitative estimate of drug-likeness (QED) is 0.219. The number of fused-ring (bicyclic) bond motifs is 1. The molecule has 1 aliphatic rings. The average Bonchev–Trinajstić information content (AvgIpc) is 3.66. The molecular formula is C29H23F3N8O. The van der Waals surface area contributed by atoms with Crippen molar-refractivity contribution in [2.24, 2.45) is 0 Å². The second kappa shape index (κ2) is 10.8. The molecule has 0 aliphatic heterocycles. The van der Waals surface area contributed by atoms with Gasteiger partial charge in [-0.3, -0.25) is 9.89 Å². The summed E-state index contributed by atoms with van der Waals surface area (Å²) in [6.07, 6.45) is 5.51. The summed E-state index contributed by atoms with van der Waals surface area (Å²) in [7, 11) is 0. The summed E-state index contributed by atoms with van der Waals surface area (Å²) in [4.78, 5) is 19.8. The van der Waals surface area contributed by atoms with E-state index in [1.165, 1.54) is 12.4 Å². The van der Waals surface area contributed by atoms with Gasteiger partial charge >= 0.3 is 0 Å². The topological polar surface area (TPSA) is 135 Å². The predicted octanol–water partition coefficient (Wildman–Crippen LogP) is 5.46. The van der Waals surface area contributed by atoms with Crippen molar-refractivity contribution in [1.82, 2.24) is 30.7 Å². The third-order valence-corrected chi connectivity index (χ3v) is 7.27. The summed E-state index contributed by atoms with van der Waals surface area (Å²) < 4.78 is 44.9. The molecule has 2 atom stereocenters. The zero-order valence-electron chi connectivity index (χ0n) is 21.5. The number of aromatic amines is 2. The van der Waals surface area contributed by atoms with Gasteiger partial charge in [0.1, 0.15) is 17.7 Å². The van der Waals surface area contributed by atoms with Gasteiger partial charge in [0.15, 0.2) is 17.3 Å². The number of nitrogens with one attached hydrogen (secondary N) is 4. The number of H-pyrrole nitrogens is 2. The van der Waals surface area contributed by atoms with E-state index in [4.69, 9.17) is 0 Å². The van der Waals surface area contributed by atoms with E-state index >= 15 is 4.39 Å². The number of benzene rings is 2. The Morgan fingerprint density at radius 2 is 1.88 bits per heavy atom. The van der Waals surface area contributed by atoms with Crippen LogP contribution in [0.25, 0.3) is 33.3 Å². The van der Waals surface area contributed by atoms with Crippen molar-refractivity contribution in [2.75, 3.05) is 5.32 Å². The van der Waals surface area contributed by atoms with E-state index in [0.717, 1.165) is 25.0 Å². The summed E-state index contributed by atoms with van der Waals surface area (Å²) in [5.41, 5.74) is 0.972. The molecule has 1 saturated carbocycles. The maximum absolute atomic E-state index is 16.2. The second-order valence-electron chi connectivity index (χ2n) is 9.90. The van der Waals surface area contributed by atoms with Gasteiger partial charge in [0.2, 0.25) is 0 Å². The van der Waals surface area contributed by atoms with Crippen LogP contribution in [0.3, 0.4) is 0 Å². The van der Waals surface area contributed by atoms with Crippen LogP contribution in [-0.2, 0) is 0 Å². The number of rotatable bonds is 6. The Kier molecular flexibility index (Phi) is 6.84. The molecule has 9 nitrogen and oxygen atoms in total. The first-order valence-electron chi connectivity index (χ1n) is 13.0. The Labute approximate surface area is 231 Å². The third-order valence-electron chi connectivity index (χ3n) is 7.27. The van der Waals surface area contributed by atoms with Crippen LogP contribution in [0, 0.1) is 28.8 Å². The molecule has 206 valence electrons. The van der Waals surface area contributed by atoms with Crippen LogP contribution in [0.1, 0.15) is 41.7 Å². The van der Waals surface area contributed by atoms with Crippen molar-refractivity contribution in [3.05, 3.63) is 83.6 Å². The molecule has 12 heteroatoms. The van der Waals surface area contributed by atoms with E-state index in [-0.39, 0.29) is 62.8 Å². The fraction of sp³-hybridized carbons (Fsp3) is 0.207. The maximum Gasteiger partial charge on any atom is 0.273 e. The Morgan fingerprint density at radius 3 is 2.63 bits per heavy atom. The highest BCUT2D eigenvalue weighted by Gasteiger charge is 2.29. The van der Waals surface area contributed by atoms with Gasteiger partial charge in [-0.1, -0.05) is 35.5 Å². The van der Waals surface area contributed by atoms with Crippen molar-refractivity contribution >= 4 is 22.6 Å². The van der Waals surface area contributed by atoms with Gasteiger partial charge in [-0.15, -0.1) is 5.10 Å². The third kappa shape index (κ3) is 4.98. The minimum atomic E-state index is -0.797. The molecule has 1 aliphatic carbocycles. The van der Waals surface area contributed by atoms with E-state index in [1.54, 1.807) is 30.3 Å². The molecule has 3 heterocycles. The number of hydrogen-bond donors (Lipinski definition) is 4. The van der Waals surface area contributed by atoms with Crippen molar-refractivity contribution < 1.29 is 18.0 Å². The fourth-order valence-electron chi connectivity index (χ4n) is 5.41. The van der Waals surface area contributed by atoms with E-state index in [1.807, 2.05) is 0 Å². The Morgan fingerprint density at radius 1 is 1.07 bits per heavy atom. The number of halogens is 3. The second-order valence-corrected chi connectivity index (χ2v) is 9.90. The molecule has 1 amide bonds. The number of amides is 1. The highest BCUT2D eigenvalue weighted by Crippen LogP contribution is 2.39. The first-order valence-corrected chi connectivity index (χ1v) is 13.0. The lowest BCUT2D eigenvalue weighted by atomic mass is 9.90. The summed E-state index contributed by atoms with van der Waals surface area (Å²) in [5.74, 6) is -2.77. The highest BCUT2D eigenvalue weighted by atomic mass is 19.1. The number of aromatic nitrogens is 5. The van der Waals surface area contributed by atoms with E-state index in [0.29, 0.717) is 18.4 Å². The van der Waals surface area contributed by atoms with Gasteiger partial charge < -0.3 is 15.6 Å². The molecule has 5 aromatic rings. The van der Waals surface area contributed by atoms with Gasteiger partial charge in [-0.05, 0) is 37.3 Å². The molecule has 0 unspecified atom stereocenters. The zero-order chi connectivity index (χ0) is 28.5. The van der Waals surface area contributed by atoms with Crippen LogP contribution in [0.4, 0.5) is 19.0 Å². The highest BCUT2D eigenvalue weighted by molar-refractivity contribution is 5.98. The standard InChI is InChI=1S/C29H23F3N8O/c30-16-9-19-21(13-34-27(19)22(31)10-16)26-20(12-33)24(15-5-2-1-3-6-15)25(32)28(38-26)36-17-7-4-8-18(11-17)37-29(41)23-14-35-40-39-23/h1-3,5-6,9-10,13-14,17-18,34H,4,7-8,11H2,(H,36,38)(H,37,41)(H,35,39,40)/t17-,18+/m0/s1. The lowest BCUT2D eigenvalue weighted by molar-refractivity contribution is 0.0921. The molecule has 0 bridgehead atoms. The first kappa shape index (κ1) is 26.1. The van der Waals surface area contributed by atoms with Crippen molar-refractivity contribution in [3.8, 4) is 28.5 Å². The monoisotopic (exact) mass is 556 g/mol. The lowest BCUT2D eigenvalue weighted by Crippen LogP contribution is -2.42.